The predicted octanol–water partition coefficient (Wildman–Crippen LogP) is 4.08. The summed E-state index contributed by atoms with van der Waals surface area (Å²) in [5.41, 5.74) is -3.46. The van der Waals surface area contributed by atoms with E-state index in [-0.39, 0.29) is 18.1 Å². The highest BCUT2D eigenvalue weighted by Gasteiger charge is 2.77. The van der Waals surface area contributed by atoms with Gasteiger partial charge in [-0.05, 0) is 70.4 Å². The Labute approximate surface area is 202 Å². The fourth-order valence-corrected chi connectivity index (χ4v) is 7.26. The molecule has 0 aromatic heterocycles. The van der Waals surface area contributed by atoms with Crippen molar-refractivity contribution in [2.24, 2.45) is 23.2 Å². The van der Waals surface area contributed by atoms with Gasteiger partial charge in [-0.3, -0.25) is 9.59 Å². The van der Waals surface area contributed by atoms with E-state index in [1.165, 1.54) is 6.08 Å². The number of Topliss-reactive ketones (excluding diaryl/α,β-unsaturated/α-hetero) is 1. The monoisotopic (exact) mass is 480 g/mol. The molecule has 0 unspecified atom stereocenters. The van der Waals surface area contributed by atoms with Gasteiger partial charge in [0.2, 0.25) is 0 Å². The molecule has 2 saturated carbocycles. The summed E-state index contributed by atoms with van der Waals surface area (Å²) in [7, 11) is 0. The number of aliphatic hydroxyl groups is 2. The van der Waals surface area contributed by atoms with Crippen molar-refractivity contribution < 1.29 is 33.7 Å². The topological polar surface area (TPSA) is 93.1 Å². The number of allylic oxidation sites excluding steroid dienone is 4. The van der Waals surface area contributed by atoms with Crippen LogP contribution in [-0.4, -0.2) is 57.7 Å². The van der Waals surface area contributed by atoms with Crippen LogP contribution in [0.5, 0.6) is 0 Å². The Bertz CT molecular complexity index is 880. The van der Waals surface area contributed by atoms with Crippen LogP contribution in [0.4, 0.5) is 4.39 Å². The summed E-state index contributed by atoms with van der Waals surface area (Å²) in [6.07, 6.45) is 3.89. The molecule has 34 heavy (non-hydrogen) atoms. The first-order valence-corrected chi connectivity index (χ1v) is 12.6. The summed E-state index contributed by atoms with van der Waals surface area (Å²) in [5.74, 6) is -3.25. The van der Waals surface area contributed by atoms with Crippen LogP contribution >= 0.6 is 0 Å². The second-order valence-electron chi connectivity index (χ2n) is 10.9. The van der Waals surface area contributed by atoms with Crippen molar-refractivity contribution in [3.05, 3.63) is 23.8 Å². The third-order valence-corrected chi connectivity index (χ3v) is 8.65. The molecule has 8 atom stereocenters. The van der Waals surface area contributed by atoms with Gasteiger partial charge in [0.05, 0.1) is 12.2 Å². The Morgan fingerprint density at radius 1 is 1.24 bits per heavy atom. The number of ether oxygens (including phenoxy) is 2. The molecule has 4 aliphatic rings. The van der Waals surface area contributed by atoms with E-state index in [9.17, 15) is 19.8 Å². The van der Waals surface area contributed by atoms with Crippen molar-refractivity contribution in [1.82, 2.24) is 0 Å². The number of ketones is 2. The van der Waals surface area contributed by atoms with E-state index in [0.717, 1.165) is 5.57 Å². The minimum absolute atomic E-state index is 0.00724. The molecule has 0 amide bonds. The summed E-state index contributed by atoms with van der Waals surface area (Å²) in [4.78, 5) is 25.3. The van der Waals surface area contributed by atoms with Gasteiger partial charge in [-0.15, -0.1) is 0 Å². The lowest BCUT2D eigenvalue weighted by atomic mass is 9.51. The highest BCUT2D eigenvalue weighted by Crippen LogP contribution is 2.68. The Morgan fingerprint density at radius 3 is 2.50 bits per heavy atom. The molecular formula is C27H41FO6. The van der Waals surface area contributed by atoms with Crippen LogP contribution in [0.3, 0.4) is 0 Å². The standard InChI is InChI=1S/C25H35FO6.C2H6/c1-14-6-9-17-18-11-21-25(20(30)13-27,32-22(3,4)31-21)23(18,5)12-19(29)24(17,26)15(2)7-8-16(28)10-14;1-2/h7-8,10,15,17-19,21,27,29H,6,9,11-13H2,1-5H3;1-2H3/b8-7-,14-10+;/t15-,17-,18-,19-,21+,23-,24-,25+;/m0./s1. The van der Waals surface area contributed by atoms with Crippen molar-refractivity contribution in [2.75, 3.05) is 6.61 Å². The number of halogens is 1. The van der Waals surface area contributed by atoms with Gasteiger partial charge in [-0.2, -0.15) is 0 Å². The van der Waals surface area contributed by atoms with Gasteiger partial charge in [0.25, 0.3) is 0 Å². The lowest BCUT2D eigenvalue weighted by Gasteiger charge is -2.57. The van der Waals surface area contributed by atoms with Gasteiger partial charge in [0, 0.05) is 11.3 Å². The molecule has 192 valence electrons. The number of carbonyl (C=O) groups is 2. The maximum atomic E-state index is 16.9. The maximum Gasteiger partial charge on any atom is 0.193 e. The molecule has 0 aromatic carbocycles. The predicted molar refractivity (Wildman–Crippen MR) is 127 cm³/mol. The molecule has 0 aromatic rings. The van der Waals surface area contributed by atoms with E-state index < -0.39 is 58.9 Å². The second-order valence-corrected chi connectivity index (χ2v) is 10.9. The van der Waals surface area contributed by atoms with E-state index in [0.29, 0.717) is 19.3 Å². The maximum absolute atomic E-state index is 16.9. The van der Waals surface area contributed by atoms with Crippen LogP contribution in [0.25, 0.3) is 0 Å². The molecule has 1 heterocycles. The van der Waals surface area contributed by atoms with Gasteiger partial charge in [0.1, 0.15) is 12.3 Å². The van der Waals surface area contributed by atoms with Crippen molar-refractivity contribution in [2.45, 2.75) is 103 Å². The number of aliphatic hydroxyl groups excluding tert-OH is 2. The number of hydrogen-bond donors (Lipinski definition) is 2. The Balaban J connectivity index is 0.00000158. The normalized spacial score (nSPS) is 47.8. The molecule has 7 heteroatoms. The molecule has 2 N–H and O–H groups in total. The fourth-order valence-electron chi connectivity index (χ4n) is 7.26. The van der Waals surface area contributed by atoms with Crippen molar-refractivity contribution in [3.8, 4) is 0 Å². The molecule has 0 spiro atoms. The van der Waals surface area contributed by atoms with Crippen LogP contribution in [0.2, 0.25) is 0 Å². The van der Waals surface area contributed by atoms with Gasteiger partial charge in [-0.1, -0.05) is 39.3 Å². The molecule has 1 aliphatic heterocycles. The quantitative estimate of drug-likeness (QED) is 0.619. The summed E-state index contributed by atoms with van der Waals surface area (Å²) in [6, 6.07) is 0. The Morgan fingerprint density at radius 2 is 1.88 bits per heavy atom. The average Bonchev–Trinajstić information content (AvgIpc) is 3.18. The van der Waals surface area contributed by atoms with Crippen LogP contribution < -0.4 is 0 Å². The molecule has 4 rings (SSSR count). The van der Waals surface area contributed by atoms with Crippen LogP contribution in [0.1, 0.15) is 74.1 Å². The van der Waals surface area contributed by atoms with Crippen molar-refractivity contribution >= 4 is 11.6 Å². The molecule has 1 saturated heterocycles. The highest BCUT2D eigenvalue weighted by atomic mass is 19.1. The summed E-state index contributed by atoms with van der Waals surface area (Å²) < 4.78 is 29.3. The molecular weight excluding hydrogens is 439 g/mol. The van der Waals surface area contributed by atoms with E-state index in [1.54, 1.807) is 32.9 Å². The van der Waals surface area contributed by atoms with Gasteiger partial charge >= 0.3 is 0 Å². The van der Waals surface area contributed by atoms with E-state index in [2.05, 4.69) is 0 Å². The fraction of sp³-hybridized carbons (Fsp3) is 0.778. The summed E-state index contributed by atoms with van der Waals surface area (Å²) in [6.45, 7) is 12.2. The second kappa shape index (κ2) is 9.23. The first-order chi connectivity index (χ1) is 15.8. The van der Waals surface area contributed by atoms with E-state index in [4.69, 9.17) is 9.47 Å². The van der Waals surface area contributed by atoms with Crippen molar-refractivity contribution in [1.29, 1.82) is 0 Å². The number of hydrogen-bond acceptors (Lipinski definition) is 6. The number of fused-ring (bicyclic) bond motifs is 5. The minimum Gasteiger partial charge on any atom is -0.390 e. The first-order valence-electron chi connectivity index (χ1n) is 12.6. The number of rotatable bonds is 2. The molecule has 0 radical (unpaired) electrons. The van der Waals surface area contributed by atoms with Crippen LogP contribution in [0.15, 0.2) is 23.8 Å². The highest BCUT2D eigenvalue weighted by molar-refractivity contribution is 5.99. The Hall–Kier alpha value is -1.41. The molecule has 3 fully saturated rings. The van der Waals surface area contributed by atoms with E-state index >= 15 is 4.39 Å². The van der Waals surface area contributed by atoms with Gasteiger partial charge in [-0.25, -0.2) is 4.39 Å². The van der Waals surface area contributed by atoms with Crippen molar-refractivity contribution in [3.63, 3.8) is 0 Å². The SMILES string of the molecule is C/C1=C\C(=O)/C=C\[C@H](C)[C@@]2(F)[C@@H](O)C[C@@]3(C)[C@@H](C[C@H]4OC(C)(C)O[C@]43C(=O)CO)[C@@H]2CC1.CC. The lowest BCUT2D eigenvalue weighted by Crippen LogP contribution is -2.66. The molecule has 0 bridgehead atoms. The smallest absolute Gasteiger partial charge is 0.193 e. The molecule has 6 nitrogen and oxygen atoms in total. The summed E-state index contributed by atoms with van der Waals surface area (Å²) in [5, 5.41) is 21.1. The zero-order chi connectivity index (χ0) is 25.7. The number of alkyl halides is 1. The van der Waals surface area contributed by atoms with Gasteiger partial charge < -0.3 is 19.7 Å². The molecule has 3 aliphatic carbocycles. The zero-order valence-corrected chi connectivity index (χ0v) is 21.6. The zero-order valence-electron chi connectivity index (χ0n) is 21.6. The first kappa shape index (κ1) is 27.2. The van der Waals surface area contributed by atoms with Gasteiger partial charge in [0.15, 0.2) is 23.0 Å². The Kier molecular flexibility index (Phi) is 7.38. The average molecular weight is 481 g/mol. The summed E-state index contributed by atoms with van der Waals surface area (Å²) >= 11 is 0. The third kappa shape index (κ3) is 3.83. The number of carbonyl (C=O) groups excluding carboxylic acids is 2. The van der Waals surface area contributed by atoms with Crippen LogP contribution in [0, 0.1) is 23.2 Å². The minimum atomic E-state index is -1.96. The lowest BCUT2D eigenvalue weighted by molar-refractivity contribution is -0.237. The van der Waals surface area contributed by atoms with E-state index in [1.807, 2.05) is 27.7 Å². The largest absolute Gasteiger partial charge is 0.390 e. The third-order valence-electron chi connectivity index (χ3n) is 8.65. The van der Waals surface area contributed by atoms with Crippen LogP contribution in [-0.2, 0) is 19.1 Å².